The van der Waals surface area contributed by atoms with Crippen molar-refractivity contribution in [1.82, 2.24) is 4.90 Å². The lowest BCUT2D eigenvalue weighted by Gasteiger charge is -2.35. The van der Waals surface area contributed by atoms with Gasteiger partial charge in [0.25, 0.3) is 0 Å². The van der Waals surface area contributed by atoms with E-state index in [9.17, 15) is 4.79 Å². The minimum atomic E-state index is -0.588. The molecule has 3 aromatic rings. The van der Waals surface area contributed by atoms with Crippen LogP contribution in [0.15, 0.2) is 72.8 Å². The van der Waals surface area contributed by atoms with Gasteiger partial charge in [-0.2, -0.15) is 0 Å². The van der Waals surface area contributed by atoms with Crippen molar-refractivity contribution in [3.63, 3.8) is 0 Å². The normalized spacial score (nSPS) is 16.3. The van der Waals surface area contributed by atoms with E-state index in [0.29, 0.717) is 6.54 Å². The molecule has 0 aliphatic carbocycles. The monoisotopic (exact) mass is 414 g/mol. The predicted molar refractivity (Wildman–Crippen MR) is 123 cm³/mol. The summed E-state index contributed by atoms with van der Waals surface area (Å²) in [4.78, 5) is 15.0. The molecule has 0 N–H and O–H groups in total. The molecular formula is C27H28NO3. The highest BCUT2D eigenvalue weighted by Crippen LogP contribution is 2.31. The van der Waals surface area contributed by atoms with E-state index in [1.807, 2.05) is 76.2 Å². The second-order valence-electron chi connectivity index (χ2n) is 8.84. The van der Waals surface area contributed by atoms with Gasteiger partial charge in [-0.25, -0.2) is 4.79 Å². The summed E-state index contributed by atoms with van der Waals surface area (Å²) in [6, 6.07) is 22.0. The van der Waals surface area contributed by atoms with E-state index >= 15 is 0 Å². The van der Waals surface area contributed by atoms with E-state index in [-0.39, 0.29) is 18.2 Å². The zero-order valence-corrected chi connectivity index (χ0v) is 18.5. The van der Waals surface area contributed by atoms with Gasteiger partial charge in [0.05, 0.1) is 12.6 Å². The zero-order valence-electron chi connectivity index (χ0n) is 18.5. The maximum atomic E-state index is 13.2. The van der Waals surface area contributed by atoms with Crippen molar-refractivity contribution in [2.24, 2.45) is 0 Å². The third-order valence-corrected chi connectivity index (χ3v) is 5.34. The second kappa shape index (κ2) is 8.46. The number of carbonyl (C=O) groups excluding carboxylic acids is 1. The van der Waals surface area contributed by atoms with Gasteiger partial charge in [0, 0.05) is 5.56 Å². The molecule has 31 heavy (non-hydrogen) atoms. The molecule has 3 aromatic carbocycles. The van der Waals surface area contributed by atoms with Crippen LogP contribution in [0.5, 0.6) is 5.75 Å². The lowest BCUT2D eigenvalue weighted by Crippen LogP contribution is -2.43. The first-order valence-corrected chi connectivity index (χ1v) is 10.6. The summed E-state index contributed by atoms with van der Waals surface area (Å²) >= 11 is 0. The number of benzene rings is 3. The Bertz CT molecular complexity index is 1110. The third-order valence-electron chi connectivity index (χ3n) is 5.34. The summed E-state index contributed by atoms with van der Waals surface area (Å²) in [6.45, 7) is 8.04. The molecule has 4 heteroatoms. The average molecular weight is 415 g/mol. The number of fused-ring (bicyclic) bond motifs is 2. The molecule has 0 spiro atoms. The fourth-order valence-electron chi connectivity index (χ4n) is 3.85. The van der Waals surface area contributed by atoms with Crippen LogP contribution in [-0.4, -0.2) is 29.2 Å². The van der Waals surface area contributed by atoms with Gasteiger partial charge in [0.1, 0.15) is 17.5 Å². The fourth-order valence-corrected chi connectivity index (χ4v) is 3.85. The molecule has 1 amide bonds. The Labute approximate surface area is 184 Å². The zero-order chi connectivity index (χ0) is 22.0. The molecule has 1 radical (unpaired) electrons. The first-order chi connectivity index (χ1) is 14.8. The van der Waals surface area contributed by atoms with Gasteiger partial charge in [-0.3, -0.25) is 4.90 Å². The molecule has 0 aromatic heterocycles. The summed E-state index contributed by atoms with van der Waals surface area (Å²) in [5.41, 5.74) is 1.41. The van der Waals surface area contributed by atoms with Crippen LogP contribution in [0.4, 0.5) is 4.79 Å². The highest BCUT2D eigenvalue weighted by atomic mass is 16.6. The van der Waals surface area contributed by atoms with E-state index in [1.165, 1.54) is 0 Å². The van der Waals surface area contributed by atoms with E-state index in [4.69, 9.17) is 9.47 Å². The van der Waals surface area contributed by atoms with Crippen LogP contribution in [-0.2, 0) is 4.74 Å². The van der Waals surface area contributed by atoms with Gasteiger partial charge in [-0.05, 0) is 62.2 Å². The number of amides is 1. The van der Waals surface area contributed by atoms with Gasteiger partial charge in [-0.15, -0.1) is 0 Å². The molecular weight excluding hydrogens is 386 g/mol. The van der Waals surface area contributed by atoms with Crippen LogP contribution in [0, 0.1) is 6.08 Å². The minimum Gasteiger partial charge on any atom is -0.484 e. The molecule has 159 valence electrons. The molecule has 0 saturated carbocycles. The first-order valence-electron chi connectivity index (χ1n) is 10.6. The van der Waals surface area contributed by atoms with Crippen molar-refractivity contribution in [3.05, 3.63) is 90.0 Å². The molecule has 0 bridgehead atoms. The summed E-state index contributed by atoms with van der Waals surface area (Å²) in [6.07, 6.45) is 4.51. The molecule has 0 saturated heterocycles. The lowest BCUT2D eigenvalue weighted by molar-refractivity contribution is 0.0109. The standard InChI is InChI=1S/C27H28NO3/c1-19(23-14-9-12-20-10-5-7-13-24(20)23)28(26(29)31-27(2,3)4)18-22-17-16-21-11-6-8-15-25(21)30-22/h5-15,17,19,22H,18H2,1-4H3/t19-,22-/m1/s1. The maximum absolute atomic E-state index is 13.2. The number of rotatable bonds is 4. The average Bonchev–Trinajstić information content (AvgIpc) is 2.75. The Morgan fingerprint density at radius 1 is 1.06 bits per heavy atom. The van der Waals surface area contributed by atoms with Crippen molar-refractivity contribution in [2.75, 3.05) is 6.54 Å². The van der Waals surface area contributed by atoms with Crippen molar-refractivity contribution >= 4 is 16.9 Å². The topological polar surface area (TPSA) is 38.8 Å². The summed E-state index contributed by atoms with van der Waals surface area (Å²) in [7, 11) is 0. The van der Waals surface area contributed by atoms with E-state index < -0.39 is 5.60 Å². The number of ether oxygens (including phenoxy) is 2. The minimum absolute atomic E-state index is 0.199. The van der Waals surface area contributed by atoms with Gasteiger partial charge in [0.2, 0.25) is 0 Å². The molecule has 2 atom stereocenters. The van der Waals surface area contributed by atoms with Crippen molar-refractivity contribution in [1.29, 1.82) is 0 Å². The lowest BCUT2D eigenvalue weighted by atomic mass is 9.98. The molecule has 0 unspecified atom stereocenters. The molecule has 1 aliphatic heterocycles. The number of hydrogen-bond acceptors (Lipinski definition) is 3. The van der Waals surface area contributed by atoms with Crippen LogP contribution < -0.4 is 4.74 Å². The highest BCUT2D eigenvalue weighted by molar-refractivity contribution is 5.86. The fraction of sp³-hybridized carbons (Fsp3) is 0.296. The largest absolute Gasteiger partial charge is 0.484 e. The summed E-state index contributed by atoms with van der Waals surface area (Å²) in [5.74, 6) is 0.775. The molecule has 1 aliphatic rings. The SMILES string of the molecule is C[C@H](c1cccc2ccccc12)N(C[C@H]1C=[C]c2ccccc2O1)C(=O)OC(C)(C)C. The Morgan fingerprint density at radius 3 is 2.58 bits per heavy atom. The van der Waals surface area contributed by atoms with E-state index in [2.05, 4.69) is 30.3 Å². The number of carbonyl (C=O) groups is 1. The van der Waals surface area contributed by atoms with Gasteiger partial charge in [0.15, 0.2) is 0 Å². The first kappa shape index (κ1) is 21.0. The van der Waals surface area contributed by atoms with Crippen molar-refractivity contribution < 1.29 is 14.3 Å². The number of hydrogen-bond donors (Lipinski definition) is 0. The second-order valence-corrected chi connectivity index (χ2v) is 8.84. The molecule has 4 rings (SSSR count). The van der Waals surface area contributed by atoms with Gasteiger partial charge < -0.3 is 9.47 Å². The van der Waals surface area contributed by atoms with Crippen LogP contribution >= 0.6 is 0 Å². The van der Waals surface area contributed by atoms with Crippen molar-refractivity contribution in [2.45, 2.75) is 45.4 Å². The molecule has 4 nitrogen and oxygen atoms in total. The smallest absolute Gasteiger partial charge is 0.410 e. The highest BCUT2D eigenvalue weighted by Gasteiger charge is 2.30. The number of nitrogens with zero attached hydrogens (tertiary/aromatic N) is 1. The van der Waals surface area contributed by atoms with Gasteiger partial charge >= 0.3 is 6.09 Å². The Balaban J connectivity index is 1.65. The van der Waals surface area contributed by atoms with E-state index in [0.717, 1.165) is 27.6 Å². The van der Waals surface area contributed by atoms with Crippen LogP contribution in [0.25, 0.3) is 10.8 Å². The third kappa shape index (κ3) is 4.74. The Morgan fingerprint density at radius 2 is 1.77 bits per heavy atom. The predicted octanol–water partition coefficient (Wildman–Crippen LogP) is 6.31. The Hall–Kier alpha value is -3.27. The van der Waals surface area contributed by atoms with E-state index in [1.54, 1.807) is 4.90 Å². The Kier molecular flexibility index (Phi) is 5.73. The van der Waals surface area contributed by atoms with Crippen LogP contribution in [0.1, 0.15) is 44.9 Å². The number of para-hydroxylation sites is 1. The summed E-state index contributed by atoms with van der Waals surface area (Å²) in [5, 5.41) is 2.27. The van der Waals surface area contributed by atoms with Crippen LogP contribution in [0.3, 0.4) is 0 Å². The summed E-state index contributed by atoms with van der Waals surface area (Å²) < 4.78 is 11.9. The van der Waals surface area contributed by atoms with Crippen LogP contribution in [0.2, 0.25) is 0 Å². The molecule has 1 heterocycles. The van der Waals surface area contributed by atoms with Gasteiger partial charge in [-0.1, -0.05) is 60.7 Å². The van der Waals surface area contributed by atoms with Crippen molar-refractivity contribution in [3.8, 4) is 5.75 Å². The molecule has 0 fully saturated rings. The maximum Gasteiger partial charge on any atom is 0.410 e. The quantitative estimate of drug-likeness (QED) is 0.502.